The summed E-state index contributed by atoms with van der Waals surface area (Å²) in [5.41, 5.74) is 13.5. The van der Waals surface area contributed by atoms with Crippen LogP contribution >= 0.6 is 35.6 Å². The number of nitrogens with two attached hydrogens (primary N) is 2. The molecule has 0 radical (unpaired) electrons. The lowest BCUT2D eigenvalue weighted by molar-refractivity contribution is 0.100. The number of amides is 1. The second-order valence-electron chi connectivity index (χ2n) is 4.74. The van der Waals surface area contributed by atoms with Gasteiger partial charge in [-0.05, 0) is 18.2 Å². The van der Waals surface area contributed by atoms with Crippen LogP contribution in [0, 0.1) is 0 Å². The van der Waals surface area contributed by atoms with Crippen LogP contribution in [0.4, 0.5) is 5.95 Å². The summed E-state index contributed by atoms with van der Waals surface area (Å²) in [5, 5.41) is 0.703. The van der Waals surface area contributed by atoms with E-state index in [0.717, 1.165) is 0 Å². The highest BCUT2D eigenvalue weighted by Gasteiger charge is 2.19. The zero-order valence-electron chi connectivity index (χ0n) is 12.1. The van der Waals surface area contributed by atoms with E-state index in [9.17, 15) is 4.79 Å². The Morgan fingerprint density at radius 2 is 1.96 bits per heavy atom. The molecular weight excluding hydrogens is 373 g/mol. The van der Waals surface area contributed by atoms with Crippen LogP contribution in [0.15, 0.2) is 36.5 Å². The van der Waals surface area contributed by atoms with Crippen molar-refractivity contribution >= 4 is 47.5 Å². The van der Waals surface area contributed by atoms with E-state index >= 15 is 0 Å². The number of nitrogens with one attached hydrogen (secondary N) is 1. The maximum atomic E-state index is 11.8. The van der Waals surface area contributed by atoms with Crippen molar-refractivity contribution < 1.29 is 4.79 Å². The molecule has 0 atom stereocenters. The van der Waals surface area contributed by atoms with Crippen molar-refractivity contribution in [2.45, 2.75) is 0 Å². The number of hydrogen-bond donors (Lipinski definition) is 3. The molecule has 0 spiro atoms. The molecule has 0 aliphatic heterocycles. The fraction of sp³-hybridized carbons (Fsp3) is 0. The number of nitrogen functional groups attached to an aromatic ring is 1. The van der Waals surface area contributed by atoms with E-state index in [-0.39, 0.29) is 23.9 Å². The molecule has 0 fully saturated rings. The Bertz CT molecular complexity index is 910. The zero-order valence-corrected chi connectivity index (χ0v) is 14.4. The molecule has 6 nitrogen and oxygen atoms in total. The summed E-state index contributed by atoms with van der Waals surface area (Å²) in [6.07, 6.45) is 1.52. The van der Waals surface area contributed by atoms with E-state index in [1.165, 1.54) is 6.20 Å². The van der Waals surface area contributed by atoms with Crippen molar-refractivity contribution in [3.8, 4) is 22.6 Å². The number of rotatable bonds is 3. The third kappa shape index (κ3) is 3.31. The van der Waals surface area contributed by atoms with Gasteiger partial charge >= 0.3 is 0 Å². The average molecular weight is 385 g/mol. The number of H-pyrrole nitrogens is 1. The van der Waals surface area contributed by atoms with Gasteiger partial charge in [-0.3, -0.25) is 4.79 Å². The molecule has 2 aromatic heterocycles. The first-order chi connectivity index (χ1) is 11.0. The molecule has 5 N–H and O–H groups in total. The molecule has 2 heterocycles. The fourth-order valence-electron chi connectivity index (χ4n) is 2.22. The Balaban J connectivity index is 0.00000208. The second kappa shape index (κ2) is 7.09. The lowest BCUT2D eigenvalue weighted by Crippen LogP contribution is -2.11. The smallest absolute Gasteiger partial charge is 0.250 e. The minimum atomic E-state index is -0.597. The van der Waals surface area contributed by atoms with Gasteiger partial charge in [-0.25, -0.2) is 9.97 Å². The summed E-state index contributed by atoms with van der Waals surface area (Å²) in [6.45, 7) is 0. The van der Waals surface area contributed by atoms with E-state index in [1.54, 1.807) is 30.3 Å². The van der Waals surface area contributed by atoms with Gasteiger partial charge in [-0.1, -0.05) is 35.3 Å². The minimum Gasteiger partial charge on any atom is -0.368 e. The number of primary amides is 1. The molecule has 3 rings (SSSR count). The van der Waals surface area contributed by atoms with Crippen LogP contribution in [0.25, 0.3) is 22.6 Å². The number of aromatic nitrogens is 3. The predicted molar refractivity (Wildman–Crippen MR) is 97.5 cm³/mol. The summed E-state index contributed by atoms with van der Waals surface area (Å²) in [5.74, 6) is -0.472. The molecule has 1 aromatic carbocycles. The van der Waals surface area contributed by atoms with Crippen LogP contribution < -0.4 is 11.5 Å². The first-order valence-corrected chi connectivity index (χ1v) is 7.29. The summed E-state index contributed by atoms with van der Waals surface area (Å²) < 4.78 is 0. The highest BCUT2D eigenvalue weighted by Crippen LogP contribution is 2.36. The fourth-order valence-corrected chi connectivity index (χ4v) is 2.62. The third-order valence-electron chi connectivity index (χ3n) is 3.25. The van der Waals surface area contributed by atoms with Gasteiger partial charge < -0.3 is 16.5 Å². The highest BCUT2D eigenvalue weighted by molar-refractivity contribution is 6.43. The van der Waals surface area contributed by atoms with Crippen molar-refractivity contribution in [1.29, 1.82) is 0 Å². The first kappa shape index (κ1) is 18.1. The van der Waals surface area contributed by atoms with Crippen LogP contribution in [0.2, 0.25) is 10.0 Å². The first-order valence-electron chi connectivity index (χ1n) is 6.53. The number of carbonyl (C=O) groups excluding carboxylic acids is 1. The van der Waals surface area contributed by atoms with Crippen LogP contribution in [0.5, 0.6) is 0 Å². The van der Waals surface area contributed by atoms with Crippen LogP contribution in [0.1, 0.15) is 10.4 Å². The summed E-state index contributed by atoms with van der Waals surface area (Å²) in [7, 11) is 0. The van der Waals surface area contributed by atoms with Gasteiger partial charge in [-0.2, -0.15) is 0 Å². The van der Waals surface area contributed by atoms with Crippen LogP contribution in [-0.2, 0) is 0 Å². The second-order valence-corrected chi connectivity index (χ2v) is 5.52. The van der Waals surface area contributed by atoms with E-state index in [0.29, 0.717) is 32.7 Å². The Morgan fingerprint density at radius 3 is 2.62 bits per heavy atom. The van der Waals surface area contributed by atoms with E-state index in [2.05, 4.69) is 15.0 Å². The lowest BCUT2D eigenvalue weighted by atomic mass is 10.1. The SMILES string of the molecule is Cl.NC(=O)c1cc(-c2ccnc(N)n2)[nH]c1-c1cccc(Cl)c1Cl. The number of hydrogen-bond acceptors (Lipinski definition) is 4. The number of carbonyl (C=O) groups is 1. The molecule has 3 aromatic rings. The molecular formula is C15H12Cl3N5O. The number of halogens is 3. The van der Waals surface area contributed by atoms with E-state index < -0.39 is 5.91 Å². The van der Waals surface area contributed by atoms with E-state index in [4.69, 9.17) is 34.7 Å². The third-order valence-corrected chi connectivity index (χ3v) is 4.07. The van der Waals surface area contributed by atoms with Crippen LogP contribution in [-0.4, -0.2) is 20.9 Å². The molecule has 0 saturated heterocycles. The largest absolute Gasteiger partial charge is 0.368 e. The monoisotopic (exact) mass is 383 g/mol. The van der Waals surface area contributed by atoms with Gasteiger partial charge in [-0.15, -0.1) is 12.4 Å². The Labute approximate surface area is 153 Å². The molecule has 0 aliphatic rings. The molecule has 0 saturated carbocycles. The highest BCUT2D eigenvalue weighted by atomic mass is 35.5. The van der Waals surface area contributed by atoms with Gasteiger partial charge in [0.05, 0.1) is 32.7 Å². The van der Waals surface area contributed by atoms with Crippen molar-refractivity contribution in [3.05, 3.63) is 52.1 Å². The topological polar surface area (TPSA) is 111 Å². The molecule has 0 unspecified atom stereocenters. The molecule has 9 heteroatoms. The van der Waals surface area contributed by atoms with Crippen molar-refractivity contribution in [3.63, 3.8) is 0 Å². The average Bonchev–Trinajstić information content (AvgIpc) is 2.95. The van der Waals surface area contributed by atoms with Gasteiger partial charge in [0, 0.05) is 11.8 Å². The maximum Gasteiger partial charge on any atom is 0.250 e. The Morgan fingerprint density at radius 1 is 1.21 bits per heavy atom. The molecule has 0 aliphatic carbocycles. The minimum absolute atomic E-state index is 0. The van der Waals surface area contributed by atoms with E-state index in [1.807, 2.05) is 0 Å². The van der Waals surface area contributed by atoms with Gasteiger partial charge in [0.2, 0.25) is 5.95 Å². The molecule has 124 valence electrons. The van der Waals surface area contributed by atoms with Gasteiger partial charge in [0.1, 0.15) is 0 Å². The van der Waals surface area contributed by atoms with Gasteiger partial charge in [0.15, 0.2) is 0 Å². The number of anilines is 1. The van der Waals surface area contributed by atoms with Gasteiger partial charge in [0.25, 0.3) is 5.91 Å². The number of nitrogens with zero attached hydrogens (tertiary/aromatic N) is 2. The molecule has 1 amide bonds. The number of aromatic amines is 1. The van der Waals surface area contributed by atoms with Crippen molar-refractivity contribution in [1.82, 2.24) is 15.0 Å². The lowest BCUT2D eigenvalue weighted by Gasteiger charge is -2.05. The predicted octanol–water partition coefficient (Wildman–Crippen LogP) is 3.55. The Hall–Kier alpha value is -2.28. The standard InChI is InChI=1S/C15H11Cl2N5O.ClH/c16-9-3-1-2-7(12(9)17)13-8(14(18)23)6-11(21-13)10-4-5-20-15(19)22-10;/h1-6,21H,(H2,18,23)(H2,19,20,22);1H. The molecule has 0 bridgehead atoms. The summed E-state index contributed by atoms with van der Waals surface area (Å²) in [4.78, 5) is 22.8. The number of benzene rings is 1. The maximum absolute atomic E-state index is 11.8. The quantitative estimate of drug-likeness (QED) is 0.641. The Kier molecular flexibility index (Phi) is 5.33. The molecule has 24 heavy (non-hydrogen) atoms. The van der Waals surface area contributed by atoms with Crippen molar-refractivity contribution in [2.75, 3.05) is 5.73 Å². The van der Waals surface area contributed by atoms with Crippen LogP contribution in [0.3, 0.4) is 0 Å². The normalized spacial score (nSPS) is 10.2. The van der Waals surface area contributed by atoms with Crippen molar-refractivity contribution in [2.24, 2.45) is 5.73 Å². The summed E-state index contributed by atoms with van der Waals surface area (Å²) >= 11 is 12.3. The zero-order chi connectivity index (χ0) is 16.6. The summed E-state index contributed by atoms with van der Waals surface area (Å²) in [6, 6.07) is 8.39.